The molecule has 47 heavy (non-hydrogen) atoms. The molecule has 1 aliphatic heterocycles. The molecule has 2 aromatic carbocycles. The fraction of sp³-hybridized carbons (Fsp3) is 0.378. The summed E-state index contributed by atoms with van der Waals surface area (Å²) in [6, 6.07) is 20.6. The average Bonchev–Trinajstić information content (AvgIpc) is 3.47. The van der Waals surface area contributed by atoms with Gasteiger partial charge < -0.3 is 9.64 Å². The molecule has 0 aliphatic carbocycles. The van der Waals surface area contributed by atoms with Crippen molar-refractivity contribution in [2.45, 2.75) is 77.7 Å². The summed E-state index contributed by atoms with van der Waals surface area (Å²) in [5.41, 5.74) is 3.24. The summed E-state index contributed by atoms with van der Waals surface area (Å²) in [6.45, 7) is 7.18. The Morgan fingerprint density at radius 2 is 1.64 bits per heavy atom. The number of carbonyl (C=O) groups excluding carboxylic acids is 3. The second-order valence-electron chi connectivity index (χ2n) is 12.9. The number of nitrogens with one attached hydrogen (secondary N) is 2. The summed E-state index contributed by atoms with van der Waals surface area (Å²) < 4.78 is 7.19. The lowest BCUT2D eigenvalue weighted by Crippen LogP contribution is -2.35. The molecular formula is C37H44N6O4. The maximum Gasteiger partial charge on any atom is 0.413 e. The Balaban J connectivity index is 1.22. The molecule has 0 spiro atoms. The first-order valence-electron chi connectivity index (χ1n) is 16.4. The van der Waals surface area contributed by atoms with E-state index in [-0.39, 0.29) is 11.8 Å². The number of rotatable bonds is 11. The second-order valence-corrected chi connectivity index (χ2v) is 12.9. The molecule has 5 rings (SSSR count). The highest BCUT2D eigenvalue weighted by atomic mass is 16.6. The monoisotopic (exact) mass is 636 g/mol. The predicted octanol–water partition coefficient (Wildman–Crippen LogP) is 7.65. The molecule has 1 fully saturated rings. The van der Waals surface area contributed by atoms with Crippen molar-refractivity contribution >= 4 is 29.7 Å². The van der Waals surface area contributed by atoms with Gasteiger partial charge in [-0.2, -0.15) is 0 Å². The van der Waals surface area contributed by atoms with Crippen LogP contribution in [0.1, 0.15) is 81.8 Å². The van der Waals surface area contributed by atoms with Crippen LogP contribution in [0.2, 0.25) is 0 Å². The molecule has 2 aromatic heterocycles. The lowest BCUT2D eigenvalue weighted by Gasteiger charge is -2.26. The zero-order chi connectivity index (χ0) is 33.2. The molecule has 0 saturated carbocycles. The first-order chi connectivity index (χ1) is 22.6. The molecule has 3 amide bonds. The summed E-state index contributed by atoms with van der Waals surface area (Å²) >= 11 is 0. The molecular weight excluding hydrogens is 592 g/mol. The molecule has 4 aromatic rings. The number of pyridine rings is 1. The van der Waals surface area contributed by atoms with Gasteiger partial charge in [0.1, 0.15) is 11.4 Å². The van der Waals surface area contributed by atoms with E-state index in [1.54, 1.807) is 45.2 Å². The minimum Gasteiger partial charge on any atom is -0.444 e. The van der Waals surface area contributed by atoms with Crippen molar-refractivity contribution in [2.24, 2.45) is 0 Å². The number of aryl methyl sites for hydroxylation is 1. The highest BCUT2D eigenvalue weighted by Crippen LogP contribution is 2.24. The third-order valence-electron chi connectivity index (χ3n) is 7.90. The SMILES string of the molecule is CC(C)(C)OC(=O)Nc1ccc(-c2cccc(C(=O)Nc3nc(CCCCCC(=O)N4CCCCC4)cn3-c3ccccc3)c2)cn1. The molecule has 10 nitrogen and oxygen atoms in total. The van der Waals surface area contributed by atoms with Gasteiger partial charge in [-0.3, -0.25) is 24.8 Å². The van der Waals surface area contributed by atoms with Crippen molar-refractivity contribution in [3.8, 4) is 16.8 Å². The number of anilines is 2. The quantitative estimate of drug-likeness (QED) is 0.163. The first-order valence-corrected chi connectivity index (χ1v) is 16.4. The van der Waals surface area contributed by atoms with Crippen LogP contribution in [0.15, 0.2) is 79.1 Å². The zero-order valence-corrected chi connectivity index (χ0v) is 27.5. The number of unbranched alkanes of at least 4 members (excludes halogenated alkanes) is 2. The van der Waals surface area contributed by atoms with Gasteiger partial charge in [0.25, 0.3) is 5.91 Å². The van der Waals surface area contributed by atoms with Gasteiger partial charge in [0.2, 0.25) is 11.9 Å². The van der Waals surface area contributed by atoms with Crippen LogP contribution < -0.4 is 10.6 Å². The van der Waals surface area contributed by atoms with E-state index in [1.807, 2.05) is 64.2 Å². The average molecular weight is 637 g/mol. The van der Waals surface area contributed by atoms with E-state index < -0.39 is 11.7 Å². The van der Waals surface area contributed by atoms with E-state index in [0.717, 1.165) is 74.1 Å². The molecule has 246 valence electrons. The predicted molar refractivity (Wildman–Crippen MR) is 184 cm³/mol. The molecule has 3 heterocycles. The molecule has 0 atom stereocenters. The van der Waals surface area contributed by atoms with Crippen molar-refractivity contribution in [1.82, 2.24) is 19.4 Å². The molecule has 10 heteroatoms. The molecule has 0 radical (unpaired) electrons. The number of ether oxygens (including phenoxy) is 1. The maximum atomic E-state index is 13.5. The summed E-state index contributed by atoms with van der Waals surface area (Å²) in [4.78, 5) is 49.2. The lowest BCUT2D eigenvalue weighted by molar-refractivity contribution is -0.132. The molecule has 0 bridgehead atoms. The van der Waals surface area contributed by atoms with Crippen LogP contribution >= 0.6 is 0 Å². The number of imidazole rings is 1. The van der Waals surface area contributed by atoms with E-state index in [9.17, 15) is 14.4 Å². The van der Waals surface area contributed by atoms with E-state index in [4.69, 9.17) is 9.72 Å². The second kappa shape index (κ2) is 15.5. The fourth-order valence-electron chi connectivity index (χ4n) is 5.54. The molecule has 2 N–H and O–H groups in total. The normalized spacial score (nSPS) is 13.2. The zero-order valence-electron chi connectivity index (χ0n) is 27.5. The summed E-state index contributed by atoms with van der Waals surface area (Å²) in [5.74, 6) is 0.802. The van der Waals surface area contributed by atoms with E-state index in [1.165, 1.54) is 6.42 Å². The first kappa shape index (κ1) is 33.4. The summed E-state index contributed by atoms with van der Waals surface area (Å²) in [5, 5.41) is 5.64. The van der Waals surface area contributed by atoms with Crippen LogP contribution in [-0.2, 0) is 16.0 Å². The number of likely N-dealkylation sites (tertiary alicyclic amines) is 1. The van der Waals surface area contributed by atoms with Crippen LogP contribution in [0, 0.1) is 0 Å². The van der Waals surface area contributed by atoms with Gasteiger partial charge in [-0.1, -0.05) is 36.8 Å². The Bertz CT molecular complexity index is 1650. The number of piperidine rings is 1. The van der Waals surface area contributed by atoms with Gasteiger partial charge >= 0.3 is 6.09 Å². The standard InChI is InChI=1S/C37H44N6O4/c1-37(2,3)47-36(46)40-32-21-20-29(25-38-32)27-14-13-15-28(24-27)34(45)41-35-39-30(26-43(35)31-17-8-5-9-18-31)16-7-4-10-19-33(44)42-22-11-6-12-23-42/h5,8-9,13-15,17-18,20-21,24-26H,4,6-7,10-12,16,19,22-23H2,1-3H3,(H,38,40,46)(H,39,41,45). The Labute approximate surface area is 276 Å². The van der Waals surface area contributed by atoms with Crippen molar-refractivity contribution in [1.29, 1.82) is 0 Å². The number of hydrogen-bond donors (Lipinski definition) is 2. The van der Waals surface area contributed by atoms with Gasteiger partial charge in [0.15, 0.2) is 0 Å². The topological polar surface area (TPSA) is 118 Å². The summed E-state index contributed by atoms with van der Waals surface area (Å²) in [7, 11) is 0. The maximum absolute atomic E-state index is 13.5. The Hall–Kier alpha value is -4.99. The lowest BCUT2D eigenvalue weighted by atomic mass is 10.0. The number of benzene rings is 2. The third kappa shape index (κ3) is 9.75. The highest BCUT2D eigenvalue weighted by Gasteiger charge is 2.18. The smallest absolute Gasteiger partial charge is 0.413 e. The molecule has 1 saturated heterocycles. The van der Waals surface area contributed by atoms with E-state index in [2.05, 4.69) is 15.6 Å². The van der Waals surface area contributed by atoms with Crippen molar-refractivity contribution in [3.05, 3.63) is 90.4 Å². The highest BCUT2D eigenvalue weighted by molar-refractivity contribution is 6.04. The van der Waals surface area contributed by atoms with Gasteiger partial charge in [-0.25, -0.2) is 14.8 Å². The number of hydrogen-bond acceptors (Lipinski definition) is 6. The van der Waals surface area contributed by atoms with Crippen molar-refractivity contribution in [3.63, 3.8) is 0 Å². The van der Waals surface area contributed by atoms with Gasteiger partial charge in [-0.15, -0.1) is 0 Å². The van der Waals surface area contributed by atoms with E-state index in [0.29, 0.717) is 23.8 Å². The fourth-order valence-corrected chi connectivity index (χ4v) is 5.54. The van der Waals surface area contributed by atoms with Crippen molar-refractivity contribution < 1.29 is 19.1 Å². The minimum atomic E-state index is -0.611. The third-order valence-corrected chi connectivity index (χ3v) is 7.90. The van der Waals surface area contributed by atoms with Crippen LogP contribution in [0.25, 0.3) is 16.8 Å². The van der Waals surface area contributed by atoms with Gasteiger partial charge in [-0.05, 0) is 101 Å². The number of carbonyl (C=O) groups is 3. The van der Waals surface area contributed by atoms with Crippen LogP contribution in [0.3, 0.4) is 0 Å². The minimum absolute atomic E-state index is 0.274. The number of aromatic nitrogens is 3. The largest absolute Gasteiger partial charge is 0.444 e. The molecule has 0 unspecified atom stereocenters. The van der Waals surface area contributed by atoms with Crippen LogP contribution in [0.5, 0.6) is 0 Å². The van der Waals surface area contributed by atoms with Crippen LogP contribution in [-0.4, -0.2) is 56.0 Å². The molecule has 1 aliphatic rings. The van der Waals surface area contributed by atoms with Gasteiger partial charge in [0, 0.05) is 48.7 Å². The van der Waals surface area contributed by atoms with E-state index >= 15 is 0 Å². The Kier molecular flexibility index (Phi) is 11.0. The number of amides is 3. The van der Waals surface area contributed by atoms with Crippen LogP contribution in [0.4, 0.5) is 16.6 Å². The van der Waals surface area contributed by atoms with Crippen molar-refractivity contribution in [2.75, 3.05) is 23.7 Å². The number of para-hydroxylation sites is 1. The Morgan fingerprint density at radius 3 is 2.36 bits per heavy atom. The summed E-state index contributed by atoms with van der Waals surface area (Å²) in [6.07, 6.45) is 10.6. The Morgan fingerprint density at radius 1 is 0.851 bits per heavy atom. The number of nitrogens with zero attached hydrogens (tertiary/aromatic N) is 4. The van der Waals surface area contributed by atoms with Gasteiger partial charge in [0.05, 0.1) is 5.69 Å².